The maximum atomic E-state index is 13.0. The predicted octanol–water partition coefficient (Wildman–Crippen LogP) is 4.16. The van der Waals surface area contributed by atoms with Gasteiger partial charge >= 0.3 is 0 Å². The van der Waals surface area contributed by atoms with Gasteiger partial charge in [-0.2, -0.15) is 0 Å². The van der Waals surface area contributed by atoms with Gasteiger partial charge in [-0.15, -0.1) is 0 Å². The van der Waals surface area contributed by atoms with Gasteiger partial charge in [0.25, 0.3) is 5.91 Å². The van der Waals surface area contributed by atoms with Crippen molar-refractivity contribution in [3.05, 3.63) is 65.0 Å². The molecule has 1 unspecified atom stereocenters. The first-order chi connectivity index (χ1) is 14.9. The lowest BCUT2D eigenvalue weighted by Gasteiger charge is -2.27. The summed E-state index contributed by atoms with van der Waals surface area (Å²) >= 11 is 0. The summed E-state index contributed by atoms with van der Waals surface area (Å²) in [7, 11) is 0. The lowest BCUT2D eigenvalue weighted by Crippen LogP contribution is -2.38. The molecule has 2 amide bonds. The normalized spacial score (nSPS) is 15.1. The summed E-state index contributed by atoms with van der Waals surface area (Å²) in [6.45, 7) is 7.75. The summed E-state index contributed by atoms with van der Waals surface area (Å²) in [5, 5.41) is 3.08. The van der Waals surface area contributed by atoms with E-state index < -0.39 is 0 Å². The van der Waals surface area contributed by atoms with Crippen molar-refractivity contribution in [2.75, 3.05) is 13.1 Å². The second kappa shape index (κ2) is 8.92. The molecule has 162 valence electrons. The third-order valence-corrected chi connectivity index (χ3v) is 6.05. The molecule has 1 saturated heterocycles. The third kappa shape index (κ3) is 4.48. The Morgan fingerprint density at radius 3 is 2.55 bits per heavy atom. The number of aryl methyl sites for hydroxylation is 2. The molecule has 0 bridgehead atoms. The van der Waals surface area contributed by atoms with Gasteiger partial charge in [0, 0.05) is 18.7 Å². The fourth-order valence-electron chi connectivity index (χ4n) is 4.38. The second-order valence-electron chi connectivity index (χ2n) is 8.50. The minimum atomic E-state index is -0.338. The van der Waals surface area contributed by atoms with Crippen molar-refractivity contribution in [1.82, 2.24) is 19.8 Å². The number of benzene rings is 2. The number of aromatic nitrogens is 2. The lowest BCUT2D eigenvalue weighted by atomic mass is 10.0. The standard InChI is InChI=1S/C25H30N4O2/c1-17-11-12-20(18(2)15-17)25(31)26-19(3)24-27-21-9-5-6-10-22(21)29(24)16-23(30)28-13-7-4-8-14-28/h5-6,9-12,15,19H,4,7-8,13-14,16H2,1-3H3,(H,26,31). The monoisotopic (exact) mass is 418 g/mol. The van der Waals surface area contributed by atoms with E-state index in [9.17, 15) is 9.59 Å². The first kappa shape index (κ1) is 21.1. The van der Waals surface area contributed by atoms with Crippen molar-refractivity contribution in [3.8, 4) is 0 Å². The molecular formula is C25H30N4O2. The number of imidazole rings is 1. The molecular weight excluding hydrogens is 388 g/mol. The molecule has 6 heteroatoms. The van der Waals surface area contributed by atoms with Crippen LogP contribution < -0.4 is 5.32 Å². The predicted molar refractivity (Wildman–Crippen MR) is 122 cm³/mol. The summed E-state index contributed by atoms with van der Waals surface area (Å²) in [6.07, 6.45) is 3.31. The number of rotatable bonds is 5. The molecule has 4 rings (SSSR count). The number of nitrogens with one attached hydrogen (secondary N) is 1. The molecule has 1 atom stereocenters. The number of amides is 2. The summed E-state index contributed by atoms with van der Waals surface area (Å²) < 4.78 is 1.96. The number of nitrogens with zero attached hydrogens (tertiary/aromatic N) is 3. The third-order valence-electron chi connectivity index (χ3n) is 6.05. The SMILES string of the molecule is Cc1ccc(C(=O)NC(C)c2nc3ccccc3n2CC(=O)N2CCCCC2)c(C)c1. The largest absolute Gasteiger partial charge is 0.342 e. The summed E-state index contributed by atoms with van der Waals surface area (Å²) in [5.74, 6) is 0.674. The van der Waals surface area contributed by atoms with E-state index in [1.807, 2.05) is 72.7 Å². The van der Waals surface area contributed by atoms with Gasteiger partial charge in [0.1, 0.15) is 12.4 Å². The minimum Gasteiger partial charge on any atom is -0.342 e. The van der Waals surface area contributed by atoms with Crippen LogP contribution in [0.15, 0.2) is 42.5 Å². The van der Waals surface area contributed by atoms with E-state index in [4.69, 9.17) is 4.98 Å². The van der Waals surface area contributed by atoms with E-state index in [0.717, 1.165) is 48.1 Å². The maximum absolute atomic E-state index is 13.0. The zero-order valence-electron chi connectivity index (χ0n) is 18.5. The van der Waals surface area contributed by atoms with Crippen molar-refractivity contribution in [2.24, 2.45) is 0 Å². The Kier molecular flexibility index (Phi) is 6.07. The number of piperidine rings is 1. The summed E-state index contributed by atoms with van der Waals surface area (Å²) in [6, 6.07) is 13.3. The van der Waals surface area contributed by atoms with Crippen molar-refractivity contribution in [2.45, 2.75) is 52.6 Å². The van der Waals surface area contributed by atoms with Crippen LogP contribution in [-0.4, -0.2) is 39.4 Å². The van der Waals surface area contributed by atoms with Gasteiger partial charge in [0.05, 0.1) is 17.1 Å². The molecule has 3 aromatic rings. The van der Waals surface area contributed by atoms with Crippen LogP contribution in [0.2, 0.25) is 0 Å². The molecule has 2 aromatic carbocycles. The van der Waals surface area contributed by atoms with Gasteiger partial charge in [-0.05, 0) is 63.8 Å². The number of para-hydroxylation sites is 2. The Hall–Kier alpha value is -3.15. The van der Waals surface area contributed by atoms with Crippen molar-refractivity contribution in [1.29, 1.82) is 0 Å². The Morgan fingerprint density at radius 1 is 1.06 bits per heavy atom. The van der Waals surface area contributed by atoms with Crippen LogP contribution in [0.1, 0.15) is 59.5 Å². The van der Waals surface area contributed by atoms with Gasteiger partial charge in [0.15, 0.2) is 0 Å². The maximum Gasteiger partial charge on any atom is 0.252 e. The number of carbonyl (C=O) groups excluding carboxylic acids is 2. The van der Waals surface area contributed by atoms with Gasteiger partial charge < -0.3 is 14.8 Å². The van der Waals surface area contributed by atoms with Gasteiger partial charge in [-0.3, -0.25) is 9.59 Å². The first-order valence-corrected chi connectivity index (χ1v) is 11.0. The van der Waals surface area contributed by atoms with Gasteiger partial charge in [-0.1, -0.05) is 29.8 Å². The number of likely N-dealkylation sites (tertiary alicyclic amines) is 1. The fraction of sp³-hybridized carbons (Fsp3) is 0.400. The second-order valence-corrected chi connectivity index (χ2v) is 8.50. The lowest BCUT2D eigenvalue weighted by molar-refractivity contribution is -0.132. The number of hydrogen-bond donors (Lipinski definition) is 1. The number of hydrogen-bond acceptors (Lipinski definition) is 3. The molecule has 1 aromatic heterocycles. The molecule has 31 heavy (non-hydrogen) atoms. The molecule has 1 fully saturated rings. The van der Waals surface area contributed by atoms with E-state index in [1.54, 1.807) is 0 Å². The molecule has 1 N–H and O–H groups in total. The van der Waals surface area contributed by atoms with E-state index in [0.29, 0.717) is 11.4 Å². The van der Waals surface area contributed by atoms with Crippen LogP contribution in [0.3, 0.4) is 0 Å². The number of carbonyl (C=O) groups is 2. The van der Waals surface area contributed by atoms with Crippen molar-refractivity contribution >= 4 is 22.8 Å². The van der Waals surface area contributed by atoms with Crippen LogP contribution in [0.4, 0.5) is 0 Å². The van der Waals surface area contributed by atoms with E-state index in [1.165, 1.54) is 6.42 Å². The smallest absolute Gasteiger partial charge is 0.252 e. The van der Waals surface area contributed by atoms with Gasteiger partial charge in [-0.25, -0.2) is 4.98 Å². The van der Waals surface area contributed by atoms with Crippen LogP contribution in [0, 0.1) is 13.8 Å². The summed E-state index contributed by atoms with van der Waals surface area (Å²) in [5.41, 5.74) is 4.47. The van der Waals surface area contributed by atoms with Crippen molar-refractivity contribution < 1.29 is 9.59 Å². The highest BCUT2D eigenvalue weighted by atomic mass is 16.2. The molecule has 2 heterocycles. The topological polar surface area (TPSA) is 67.2 Å². The fourth-order valence-corrected chi connectivity index (χ4v) is 4.38. The Balaban J connectivity index is 1.60. The van der Waals surface area contributed by atoms with Crippen molar-refractivity contribution in [3.63, 3.8) is 0 Å². The van der Waals surface area contributed by atoms with Crippen LogP contribution in [-0.2, 0) is 11.3 Å². The zero-order valence-corrected chi connectivity index (χ0v) is 18.5. The Labute approximate surface area is 183 Å². The summed E-state index contributed by atoms with van der Waals surface area (Å²) in [4.78, 5) is 32.6. The van der Waals surface area contributed by atoms with Crippen LogP contribution in [0.5, 0.6) is 0 Å². The highest BCUT2D eigenvalue weighted by molar-refractivity contribution is 5.96. The molecule has 0 saturated carbocycles. The van der Waals surface area contributed by atoms with E-state index in [-0.39, 0.29) is 24.4 Å². The molecule has 0 radical (unpaired) electrons. The molecule has 0 aliphatic carbocycles. The quantitative estimate of drug-likeness (QED) is 0.677. The highest BCUT2D eigenvalue weighted by Crippen LogP contribution is 2.22. The van der Waals surface area contributed by atoms with E-state index >= 15 is 0 Å². The van der Waals surface area contributed by atoms with E-state index in [2.05, 4.69) is 5.32 Å². The van der Waals surface area contributed by atoms with Gasteiger partial charge in [0.2, 0.25) is 5.91 Å². The first-order valence-electron chi connectivity index (χ1n) is 11.0. The van der Waals surface area contributed by atoms with Crippen LogP contribution in [0.25, 0.3) is 11.0 Å². The molecule has 1 aliphatic heterocycles. The average molecular weight is 419 g/mol. The highest BCUT2D eigenvalue weighted by Gasteiger charge is 2.23. The molecule has 6 nitrogen and oxygen atoms in total. The molecule has 1 aliphatic rings. The van der Waals surface area contributed by atoms with Crippen LogP contribution >= 0.6 is 0 Å². The Bertz CT molecular complexity index is 1110. The average Bonchev–Trinajstić information content (AvgIpc) is 3.13. The number of fused-ring (bicyclic) bond motifs is 1. The Morgan fingerprint density at radius 2 is 1.81 bits per heavy atom. The minimum absolute atomic E-state index is 0.108. The zero-order chi connectivity index (χ0) is 22.0. The molecule has 0 spiro atoms.